The summed E-state index contributed by atoms with van der Waals surface area (Å²) < 4.78 is 0. The molecule has 0 fully saturated rings. The second kappa shape index (κ2) is 6.01. The molecule has 0 aliphatic rings. The fourth-order valence-electron chi connectivity index (χ4n) is 0.219. The highest BCUT2D eigenvalue weighted by atomic mass is 15.3. The van der Waals surface area contributed by atoms with Crippen LogP contribution in [0.15, 0.2) is 17.4 Å². The Morgan fingerprint density at radius 3 is 2.75 bits per heavy atom. The second-order valence-corrected chi connectivity index (χ2v) is 1.18. The lowest BCUT2D eigenvalue weighted by molar-refractivity contribution is 0.955. The molecule has 0 heterocycles. The zero-order valence-electron chi connectivity index (χ0n) is 5.18. The highest BCUT2D eigenvalue weighted by Gasteiger charge is 1.59. The van der Waals surface area contributed by atoms with Gasteiger partial charge in [0.15, 0.2) is 0 Å². The van der Waals surface area contributed by atoms with Crippen molar-refractivity contribution in [1.82, 2.24) is 10.7 Å². The van der Waals surface area contributed by atoms with Gasteiger partial charge >= 0.3 is 0 Å². The fraction of sp³-hybridized carbons (Fsp3) is 0.400. The van der Waals surface area contributed by atoms with Gasteiger partial charge in [0.2, 0.25) is 0 Å². The van der Waals surface area contributed by atoms with Gasteiger partial charge in [-0.1, -0.05) is 6.08 Å². The summed E-state index contributed by atoms with van der Waals surface area (Å²) in [5.74, 6) is 0. The maximum atomic E-state index is 3.71. The summed E-state index contributed by atoms with van der Waals surface area (Å²) in [5, 5.41) is 6.45. The second-order valence-electron chi connectivity index (χ2n) is 1.18. The lowest BCUT2D eigenvalue weighted by atomic mass is 10.7. The van der Waals surface area contributed by atoms with E-state index in [9.17, 15) is 0 Å². The third-order valence-electron chi connectivity index (χ3n) is 0.509. The Morgan fingerprint density at radius 1 is 1.50 bits per heavy atom. The third kappa shape index (κ3) is 5.01. The van der Waals surface area contributed by atoms with Crippen molar-refractivity contribution < 1.29 is 0 Å². The molecule has 0 aromatic heterocycles. The number of allylic oxidation sites excluding steroid dienone is 1. The zero-order valence-corrected chi connectivity index (χ0v) is 5.18. The first kappa shape index (κ1) is 7.01. The first-order valence-electron chi connectivity index (χ1n) is 2.47. The first-order valence-corrected chi connectivity index (χ1v) is 2.47. The van der Waals surface area contributed by atoms with Gasteiger partial charge in [-0.3, -0.25) is 5.43 Å². The Bertz CT molecular complexity index is 85.7. The lowest BCUT2D eigenvalue weighted by Gasteiger charge is -1.85. The molecule has 0 atom stereocenters. The van der Waals surface area contributed by atoms with Gasteiger partial charge in [0, 0.05) is 13.2 Å². The molecule has 0 saturated carbocycles. The van der Waals surface area contributed by atoms with E-state index in [2.05, 4.69) is 15.8 Å². The van der Waals surface area contributed by atoms with Gasteiger partial charge < -0.3 is 5.32 Å². The fourth-order valence-corrected chi connectivity index (χ4v) is 0.219. The summed E-state index contributed by atoms with van der Waals surface area (Å²) in [6.45, 7) is 1.92. The van der Waals surface area contributed by atoms with E-state index in [1.165, 1.54) is 0 Å². The average molecular weight is 113 g/mol. The van der Waals surface area contributed by atoms with Gasteiger partial charge in [0.25, 0.3) is 0 Å². The average Bonchev–Trinajstić information content (AvgIpc) is 1.81. The van der Waals surface area contributed by atoms with Gasteiger partial charge in [0.1, 0.15) is 6.34 Å². The molecule has 0 spiro atoms. The molecule has 0 saturated heterocycles. The van der Waals surface area contributed by atoms with Crippen LogP contribution in [0.5, 0.6) is 0 Å². The Balaban J connectivity index is 3.03. The summed E-state index contributed by atoms with van der Waals surface area (Å²) in [7, 11) is 1.79. The van der Waals surface area contributed by atoms with E-state index < -0.39 is 0 Å². The summed E-state index contributed by atoms with van der Waals surface area (Å²) in [6, 6.07) is 0. The van der Waals surface area contributed by atoms with Gasteiger partial charge in [-0.05, 0) is 6.92 Å². The van der Waals surface area contributed by atoms with Crippen LogP contribution < -0.4 is 10.7 Å². The molecule has 3 heteroatoms. The largest absolute Gasteiger partial charge is 0.378 e. The van der Waals surface area contributed by atoms with Crippen molar-refractivity contribution in [2.24, 2.45) is 5.10 Å². The van der Waals surface area contributed by atoms with E-state index in [4.69, 9.17) is 0 Å². The summed E-state index contributed by atoms with van der Waals surface area (Å²) in [6.07, 6.45) is 5.18. The molecule has 0 amide bonds. The minimum absolute atomic E-state index is 1.57. The SMILES string of the molecule is C/C=C\N/N=C\NC. The van der Waals surface area contributed by atoms with Crippen molar-refractivity contribution in [3.05, 3.63) is 12.3 Å². The standard InChI is InChI=1S/C5H11N3/c1-3-4-7-8-5-6-2/h3-5,7H,1-2H3,(H,6,8)/b4-3-. The van der Waals surface area contributed by atoms with E-state index in [-0.39, 0.29) is 0 Å². The number of hydrazone groups is 1. The van der Waals surface area contributed by atoms with Crippen LogP contribution in [0, 0.1) is 0 Å². The Labute approximate surface area is 49.5 Å². The van der Waals surface area contributed by atoms with Crippen molar-refractivity contribution in [2.75, 3.05) is 7.05 Å². The van der Waals surface area contributed by atoms with Crippen molar-refractivity contribution in [1.29, 1.82) is 0 Å². The monoisotopic (exact) mass is 113 g/mol. The quantitative estimate of drug-likeness (QED) is 0.313. The van der Waals surface area contributed by atoms with E-state index in [0.717, 1.165) is 0 Å². The number of nitrogens with one attached hydrogen (secondary N) is 2. The molecule has 0 unspecified atom stereocenters. The first-order chi connectivity index (χ1) is 3.91. The number of rotatable bonds is 3. The van der Waals surface area contributed by atoms with Crippen molar-refractivity contribution in [3.8, 4) is 0 Å². The Morgan fingerprint density at radius 2 is 2.25 bits per heavy atom. The summed E-state index contributed by atoms with van der Waals surface area (Å²) in [4.78, 5) is 0. The molecule has 0 bridgehead atoms. The van der Waals surface area contributed by atoms with Crippen LogP contribution >= 0.6 is 0 Å². The molecule has 0 rings (SSSR count). The third-order valence-corrected chi connectivity index (χ3v) is 0.509. The molecule has 8 heavy (non-hydrogen) atoms. The Hall–Kier alpha value is -0.990. The molecule has 0 aromatic carbocycles. The summed E-state index contributed by atoms with van der Waals surface area (Å²) in [5.41, 5.74) is 2.66. The predicted octanol–water partition coefficient (Wildman–Crippen LogP) is 0.272. The van der Waals surface area contributed by atoms with E-state index in [0.29, 0.717) is 0 Å². The molecule has 46 valence electrons. The Kier molecular flexibility index (Phi) is 5.27. The van der Waals surface area contributed by atoms with Gasteiger partial charge in [-0.2, -0.15) is 5.10 Å². The maximum Gasteiger partial charge on any atom is 0.108 e. The maximum absolute atomic E-state index is 3.71. The van der Waals surface area contributed by atoms with Gasteiger partial charge in [-0.25, -0.2) is 0 Å². The number of hydrogen-bond donors (Lipinski definition) is 2. The molecular weight excluding hydrogens is 102 g/mol. The molecule has 0 aliphatic heterocycles. The van der Waals surface area contributed by atoms with E-state index in [1.807, 2.05) is 13.0 Å². The minimum Gasteiger partial charge on any atom is -0.378 e. The molecular formula is C5H11N3. The van der Waals surface area contributed by atoms with Crippen molar-refractivity contribution >= 4 is 6.34 Å². The number of nitrogens with zero attached hydrogens (tertiary/aromatic N) is 1. The van der Waals surface area contributed by atoms with Crippen LogP contribution in [-0.4, -0.2) is 13.4 Å². The molecule has 2 N–H and O–H groups in total. The van der Waals surface area contributed by atoms with E-state index >= 15 is 0 Å². The molecule has 0 aliphatic carbocycles. The molecule has 3 nitrogen and oxygen atoms in total. The molecule has 0 aromatic rings. The van der Waals surface area contributed by atoms with Crippen LogP contribution in [0.4, 0.5) is 0 Å². The van der Waals surface area contributed by atoms with Crippen LogP contribution in [0.3, 0.4) is 0 Å². The topological polar surface area (TPSA) is 36.4 Å². The van der Waals surface area contributed by atoms with Crippen LogP contribution in [-0.2, 0) is 0 Å². The predicted molar refractivity (Wildman–Crippen MR) is 35.5 cm³/mol. The summed E-state index contributed by atoms with van der Waals surface area (Å²) >= 11 is 0. The smallest absolute Gasteiger partial charge is 0.108 e. The highest BCUT2D eigenvalue weighted by Crippen LogP contribution is 1.59. The number of hydrogen-bond acceptors (Lipinski definition) is 2. The van der Waals surface area contributed by atoms with Crippen LogP contribution in [0.1, 0.15) is 6.92 Å². The van der Waals surface area contributed by atoms with Gasteiger partial charge in [0.05, 0.1) is 0 Å². The van der Waals surface area contributed by atoms with Crippen LogP contribution in [0.25, 0.3) is 0 Å². The zero-order chi connectivity index (χ0) is 6.24. The normalized spacial score (nSPS) is 10.8. The van der Waals surface area contributed by atoms with Gasteiger partial charge in [-0.15, -0.1) is 0 Å². The minimum atomic E-state index is 1.57. The van der Waals surface area contributed by atoms with Crippen molar-refractivity contribution in [3.63, 3.8) is 0 Å². The van der Waals surface area contributed by atoms with Crippen LogP contribution in [0.2, 0.25) is 0 Å². The van der Waals surface area contributed by atoms with E-state index in [1.54, 1.807) is 19.6 Å². The molecule has 0 radical (unpaired) electrons. The van der Waals surface area contributed by atoms with Crippen molar-refractivity contribution in [2.45, 2.75) is 6.92 Å². The lowest BCUT2D eigenvalue weighted by Crippen LogP contribution is -2.04. The highest BCUT2D eigenvalue weighted by molar-refractivity contribution is 5.53.